The molecule has 86 heavy (non-hydrogen) atoms. The Hall–Kier alpha value is -8.08. The van der Waals surface area contributed by atoms with E-state index in [1.165, 1.54) is 138 Å². The molecule has 12 aromatic rings. The van der Waals surface area contributed by atoms with Crippen LogP contribution in [-0.2, 0) is 20.4 Å². The topological polar surface area (TPSA) is 0 Å². The fourth-order valence-electron chi connectivity index (χ4n) is 13.4. The van der Waals surface area contributed by atoms with Crippen LogP contribution in [0, 0.1) is 0 Å². The SMILES string of the molecule is CC1=C(C)[C]([Ti+3])([Si](c2cc(-c3ccccc3)c(-c3ccccc3)cc2-c2ccccc2)(c2cc(-c3ccccc3)c(-c3ccccc3)cc2-c2ccccc2)c2cc(-c3ccccc3)c(-c3ccccc3)cc2-c2ccccc2)C(C)=C1C.[Cl-].[Cl-].[Cl-]. The number of hydrogen-bond acceptors (Lipinski definition) is 0. The van der Waals surface area contributed by atoms with Gasteiger partial charge in [0.1, 0.15) is 0 Å². The van der Waals surface area contributed by atoms with Gasteiger partial charge in [-0.25, -0.2) is 0 Å². The summed E-state index contributed by atoms with van der Waals surface area (Å²) in [4.78, 5) is 0. The molecule has 0 nitrogen and oxygen atoms in total. The largest absolute Gasteiger partial charge is 1.00 e. The second-order valence-electron chi connectivity index (χ2n) is 22.1. The Labute approximate surface area is 539 Å². The van der Waals surface area contributed by atoms with E-state index in [2.05, 4.69) is 358 Å². The van der Waals surface area contributed by atoms with E-state index in [1.807, 2.05) is 0 Å². The predicted octanol–water partition coefficient (Wildman–Crippen LogP) is 11.1. The van der Waals surface area contributed by atoms with Crippen molar-refractivity contribution in [3.8, 4) is 100 Å². The van der Waals surface area contributed by atoms with Crippen molar-refractivity contribution in [1.82, 2.24) is 0 Å². The molecule has 0 saturated carbocycles. The zero-order valence-corrected chi connectivity index (χ0v) is 53.4. The number of hydrogen-bond donors (Lipinski definition) is 0. The van der Waals surface area contributed by atoms with Gasteiger partial charge in [0.25, 0.3) is 0 Å². The first-order valence-corrected chi connectivity index (χ1v) is 31.7. The van der Waals surface area contributed by atoms with Crippen molar-refractivity contribution in [2.24, 2.45) is 0 Å². The van der Waals surface area contributed by atoms with Crippen molar-refractivity contribution in [3.63, 3.8) is 0 Å². The van der Waals surface area contributed by atoms with Crippen molar-refractivity contribution >= 4 is 23.6 Å². The first-order valence-electron chi connectivity index (χ1n) is 28.9. The summed E-state index contributed by atoms with van der Waals surface area (Å²) in [6.07, 6.45) is 0. The molecule has 0 spiro atoms. The predicted molar refractivity (Wildman–Crippen MR) is 352 cm³/mol. The van der Waals surface area contributed by atoms with Gasteiger partial charge in [-0.05, 0) is 0 Å². The summed E-state index contributed by atoms with van der Waals surface area (Å²) in [5.74, 6) is 0. The van der Waals surface area contributed by atoms with Crippen molar-refractivity contribution in [2.45, 2.75) is 31.0 Å². The molecule has 1 aliphatic carbocycles. The average Bonchev–Trinajstić information content (AvgIpc) is 1.21. The van der Waals surface area contributed by atoms with Crippen LogP contribution >= 0.6 is 0 Å². The van der Waals surface area contributed by atoms with E-state index in [9.17, 15) is 0 Å². The van der Waals surface area contributed by atoms with Crippen LogP contribution < -0.4 is 52.8 Å². The maximum absolute atomic E-state index is 3.99. The molecule has 5 heteroatoms. The smallest absolute Gasteiger partial charge is 1.00 e. The number of halogens is 3. The molecule has 0 atom stereocenters. The Morgan fingerprint density at radius 2 is 0.372 bits per heavy atom. The standard InChI is InChI=1S/C81H63Si.3ClH.Ti/c1-56-57(2)59(4)81(58(56)3)82(78-53-72(63-38-20-8-21-39-63)69(60-32-14-5-15-33-60)50-75(78)66-44-26-11-27-45-66,79-54-73(64-40-22-9-23-41-64)70(61-34-16-6-17-35-61)51-76(79)67-46-28-12-29-47-67)80-55-74(65-42-24-10-25-43-65)71(62-36-18-7-19-37-62)52-77(80)68-48-30-13-31-49-68;;;;/h5-55H,1-4H3;3*1H;/q;;;;+3/p-3. The molecule has 0 fully saturated rings. The second-order valence-corrected chi connectivity index (χ2v) is 27.9. The van der Waals surface area contributed by atoms with Gasteiger partial charge in [-0.3, -0.25) is 0 Å². The summed E-state index contributed by atoms with van der Waals surface area (Å²) in [6, 6.07) is 117. The second kappa shape index (κ2) is 26.3. The first kappa shape index (κ1) is 61.0. The molecular formula is C81H63Cl3SiTi. The van der Waals surface area contributed by atoms with Gasteiger partial charge in [-0.2, -0.15) is 0 Å². The maximum Gasteiger partial charge on any atom is -1.00 e. The molecule has 0 saturated heterocycles. The molecule has 0 aromatic heterocycles. The van der Waals surface area contributed by atoms with Crippen molar-refractivity contribution < 1.29 is 57.7 Å². The number of allylic oxidation sites excluding steroid dienone is 4. The summed E-state index contributed by atoms with van der Waals surface area (Å²) in [7, 11) is -3.99. The van der Waals surface area contributed by atoms with E-state index in [4.69, 9.17) is 0 Å². The molecule has 0 bridgehead atoms. The van der Waals surface area contributed by atoms with E-state index in [-0.39, 0.29) is 37.2 Å². The van der Waals surface area contributed by atoms with Gasteiger partial charge in [0.05, 0.1) is 0 Å². The summed E-state index contributed by atoms with van der Waals surface area (Å²) < 4.78 is -0.593. The minimum absolute atomic E-state index is 0. The Kier molecular flexibility index (Phi) is 18.6. The quantitative estimate of drug-likeness (QED) is 0.0797. The van der Waals surface area contributed by atoms with Crippen molar-refractivity contribution in [3.05, 3.63) is 332 Å². The maximum atomic E-state index is 2.70. The molecule has 0 unspecified atom stereocenters. The van der Waals surface area contributed by atoms with Crippen molar-refractivity contribution in [2.75, 3.05) is 0 Å². The zero-order valence-electron chi connectivity index (χ0n) is 48.6. The molecule has 0 amide bonds. The number of benzene rings is 12. The van der Waals surface area contributed by atoms with Gasteiger partial charge >= 0.3 is 507 Å². The van der Waals surface area contributed by atoms with Gasteiger partial charge in [0, 0.05) is 0 Å². The molecular weight excluding hydrogens is 1160 g/mol. The van der Waals surface area contributed by atoms with Crippen LogP contribution in [0.1, 0.15) is 27.7 Å². The molecule has 0 radical (unpaired) electrons. The fraction of sp³-hybridized carbons (Fsp3) is 0.0617. The summed E-state index contributed by atoms with van der Waals surface area (Å²) >= 11 is 2.66. The third-order valence-corrected chi connectivity index (χ3v) is 26.3. The van der Waals surface area contributed by atoms with Gasteiger partial charge < -0.3 is 37.2 Å². The van der Waals surface area contributed by atoms with E-state index >= 15 is 0 Å². The summed E-state index contributed by atoms with van der Waals surface area (Å²) in [5, 5.41) is 4.08. The van der Waals surface area contributed by atoms with Gasteiger partial charge in [-0.15, -0.1) is 0 Å². The van der Waals surface area contributed by atoms with E-state index < -0.39 is 11.4 Å². The van der Waals surface area contributed by atoms with E-state index in [0.717, 1.165) is 0 Å². The Morgan fingerprint density at radius 3 is 0.547 bits per heavy atom. The van der Waals surface area contributed by atoms with Crippen molar-refractivity contribution in [1.29, 1.82) is 0 Å². The van der Waals surface area contributed by atoms with Crippen LogP contribution in [0.2, 0.25) is 3.34 Å². The minimum atomic E-state index is -3.99. The third-order valence-electron chi connectivity index (χ3n) is 17.8. The molecule has 0 heterocycles. The average molecular weight is 1220 g/mol. The fourth-order valence-corrected chi connectivity index (χ4v) is 22.5. The molecule has 0 N–H and O–H groups in total. The Balaban J connectivity index is 0.00000273. The molecule has 416 valence electrons. The van der Waals surface area contributed by atoms with Gasteiger partial charge in [0.2, 0.25) is 0 Å². The number of rotatable bonds is 13. The third kappa shape index (κ3) is 10.8. The summed E-state index contributed by atoms with van der Waals surface area (Å²) in [5.41, 5.74) is 27.1. The first-order chi connectivity index (χ1) is 40.8. The molecule has 1 aliphatic rings. The van der Waals surface area contributed by atoms with E-state index in [1.54, 1.807) is 0 Å². The van der Waals surface area contributed by atoms with E-state index in [0.29, 0.717) is 0 Å². The Morgan fingerprint density at radius 1 is 0.221 bits per heavy atom. The normalized spacial score (nSPS) is 12.7. The zero-order chi connectivity index (χ0) is 56.5. The van der Waals surface area contributed by atoms with Crippen LogP contribution in [0.25, 0.3) is 100 Å². The van der Waals surface area contributed by atoms with Crippen LogP contribution in [0.5, 0.6) is 0 Å². The van der Waals surface area contributed by atoms with Crippen LogP contribution in [0.3, 0.4) is 0 Å². The monoisotopic (exact) mass is 1220 g/mol. The molecule has 13 rings (SSSR count). The van der Waals surface area contributed by atoms with Gasteiger partial charge in [-0.1, -0.05) is 0 Å². The Bertz CT molecular complexity index is 3930. The summed E-state index contributed by atoms with van der Waals surface area (Å²) in [6.45, 7) is 9.74. The van der Waals surface area contributed by atoms with Crippen LogP contribution in [0.15, 0.2) is 332 Å². The molecule has 12 aromatic carbocycles. The molecule has 0 aliphatic heterocycles. The van der Waals surface area contributed by atoms with Gasteiger partial charge in [0.15, 0.2) is 0 Å². The van der Waals surface area contributed by atoms with Crippen LogP contribution in [0.4, 0.5) is 0 Å². The van der Waals surface area contributed by atoms with Crippen LogP contribution in [-0.4, -0.2) is 8.07 Å². The minimum Gasteiger partial charge on any atom is -1.00 e.